The van der Waals surface area contributed by atoms with E-state index in [1.807, 2.05) is 30.3 Å². The Balaban J connectivity index is 2.00. The monoisotopic (exact) mass is 264 g/mol. The number of aliphatic hydroxyl groups excluding tert-OH is 2. The number of amides is 1. The molecule has 3 unspecified atom stereocenters. The van der Waals surface area contributed by atoms with Crippen LogP contribution >= 0.6 is 0 Å². The number of nitrogens with two attached hydrogens (primary N) is 1. The molecule has 0 aromatic heterocycles. The Hall–Kier alpha value is -1.43. The summed E-state index contributed by atoms with van der Waals surface area (Å²) in [6.07, 6.45) is -1.11. The fourth-order valence-corrected chi connectivity index (χ4v) is 2.38. The summed E-state index contributed by atoms with van der Waals surface area (Å²) in [4.78, 5) is 13.8. The summed E-state index contributed by atoms with van der Waals surface area (Å²) in [6.45, 7) is 0.632. The van der Waals surface area contributed by atoms with Crippen LogP contribution in [0.3, 0.4) is 0 Å². The van der Waals surface area contributed by atoms with Crippen molar-refractivity contribution < 1.29 is 15.0 Å². The van der Waals surface area contributed by atoms with Gasteiger partial charge in [0.25, 0.3) is 0 Å². The van der Waals surface area contributed by atoms with Crippen molar-refractivity contribution in [3.63, 3.8) is 0 Å². The molecular formula is C14H20N2O3. The first-order valence-corrected chi connectivity index (χ1v) is 6.50. The molecule has 0 saturated carbocycles. The Labute approximate surface area is 112 Å². The molecule has 0 bridgehead atoms. The molecule has 0 radical (unpaired) electrons. The smallest absolute Gasteiger partial charge is 0.227 e. The molecule has 1 aromatic carbocycles. The van der Waals surface area contributed by atoms with Crippen LogP contribution in [0.15, 0.2) is 30.3 Å². The summed E-state index contributed by atoms with van der Waals surface area (Å²) in [5.41, 5.74) is 6.75. The molecule has 1 aromatic rings. The van der Waals surface area contributed by atoms with Crippen molar-refractivity contribution >= 4 is 5.91 Å². The van der Waals surface area contributed by atoms with Gasteiger partial charge < -0.3 is 20.8 Å². The predicted octanol–water partition coefficient (Wildman–Crippen LogP) is -0.632. The highest BCUT2D eigenvalue weighted by Gasteiger charge is 2.35. The van der Waals surface area contributed by atoms with Gasteiger partial charge in [-0.1, -0.05) is 30.3 Å². The van der Waals surface area contributed by atoms with Gasteiger partial charge in [0.2, 0.25) is 5.91 Å². The first-order valence-electron chi connectivity index (χ1n) is 6.50. The van der Waals surface area contributed by atoms with Crippen LogP contribution in [-0.4, -0.2) is 52.9 Å². The molecule has 19 heavy (non-hydrogen) atoms. The molecule has 5 nitrogen and oxygen atoms in total. The zero-order valence-corrected chi connectivity index (χ0v) is 10.8. The number of β-amino-alcohol motifs (C(OH)–C–C–N with tert-alkyl or cyclic N) is 2. The maximum atomic E-state index is 12.3. The molecule has 1 aliphatic heterocycles. The van der Waals surface area contributed by atoms with Gasteiger partial charge in [-0.05, 0) is 12.0 Å². The van der Waals surface area contributed by atoms with Crippen molar-refractivity contribution in [3.8, 4) is 0 Å². The highest BCUT2D eigenvalue weighted by atomic mass is 16.3. The lowest BCUT2D eigenvalue weighted by Crippen LogP contribution is -2.39. The molecule has 1 aliphatic rings. The minimum absolute atomic E-state index is 0.0954. The number of carbonyl (C=O) groups is 1. The summed E-state index contributed by atoms with van der Waals surface area (Å²) in [6, 6.07) is 9.71. The van der Waals surface area contributed by atoms with Crippen molar-refractivity contribution in [1.82, 2.24) is 4.90 Å². The third-order valence-electron chi connectivity index (χ3n) is 3.53. The zero-order valence-electron chi connectivity index (χ0n) is 10.8. The van der Waals surface area contributed by atoms with Crippen molar-refractivity contribution in [2.24, 2.45) is 11.7 Å². The lowest BCUT2D eigenvalue weighted by atomic mass is 9.98. The number of hydrogen-bond donors (Lipinski definition) is 3. The molecule has 1 heterocycles. The third-order valence-corrected chi connectivity index (χ3v) is 3.53. The van der Waals surface area contributed by atoms with Crippen LogP contribution in [0.1, 0.15) is 5.56 Å². The molecule has 1 saturated heterocycles. The SMILES string of the molecule is NCC(Cc1ccccc1)C(=O)N1CC(O)C(O)C1. The second-order valence-electron chi connectivity index (χ2n) is 5.00. The molecular weight excluding hydrogens is 244 g/mol. The van der Waals surface area contributed by atoms with Crippen LogP contribution in [0.5, 0.6) is 0 Å². The Morgan fingerprint density at radius 2 is 1.84 bits per heavy atom. The Kier molecular flexibility index (Phi) is 4.52. The van der Waals surface area contributed by atoms with E-state index in [-0.39, 0.29) is 31.5 Å². The van der Waals surface area contributed by atoms with Gasteiger partial charge in [0, 0.05) is 19.6 Å². The lowest BCUT2D eigenvalue weighted by Gasteiger charge is -2.22. The van der Waals surface area contributed by atoms with Gasteiger partial charge in [0.1, 0.15) is 0 Å². The average Bonchev–Trinajstić information content (AvgIpc) is 2.76. The maximum Gasteiger partial charge on any atom is 0.227 e. The van der Waals surface area contributed by atoms with E-state index in [1.54, 1.807) is 0 Å². The van der Waals surface area contributed by atoms with Crippen LogP contribution in [0.25, 0.3) is 0 Å². The number of nitrogens with zero attached hydrogens (tertiary/aromatic N) is 1. The zero-order chi connectivity index (χ0) is 13.8. The number of carbonyl (C=O) groups excluding carboxylic acids is 1. The fraction of sp³-hybridized carbons (Fsp3) is 0.500. The highest BCUT2D eigenvalue weighted by Crippen LogP contribution is 2.16. The number of benzene rings is 1. The molecule has 0 spiro atoms. The van der Waals surface area contributed by atoms with Gasteiger partial charge in [0.05, 0.1) is 18.1 Å². The van der Waals surface area contributed by atoms with Crippen LogP contribution in [0, 0.1) is 5.92 Å². The summed E-state index contributed by atoms with van der Waals surface area (Å²) < 4.78 is 0. The van der Waals surface area contributed by atoms with Gasteiger partial charge in [-0.15, -0.1) is 0 Å². The highest BCUT2D eigenvalue weighted by molar-refractivity contribution is 5.79. The van der Waals surface area contributed by atoms with Crippen molar-refractivity contribution in [3.05, 3.63) is 35.9 Å². The Morgan fingerprint density at radius 1 is 1.26 bits per heavy atom. The maximum absolute atomic E-state index is 12.3. The van der Waals surface area contributed by atoms with Crippen LogP contribution < -0.4 is 5.73 Å². The van der Waals surface area contributed by atoms with Gasteiger partial charge in [-0.2, -0.15) is 0 Å². The van der Waals surface area contributed by atoms with Crippen molar-refractivity contribution in [2.45, 2.75) is 18.6 Å². The first-order chi connectivity index (χ1) is 9.11. The third kappa shape index (κ3) is 3.32. The number of likely N-dealkylation sites (tertiary alicyclic amines) is 1. The summed E-state index contributed by atoms with van der Waals surface area (Å²) >= 11 is 0. The molecule has 0 aliphatic carbocycles. The predicted molar refractivity (Wildman–Crippen MR) is 71.3 cm³/mol. The van der Waals surface area contributed by atoms with Crippen LogP contribution in [0.2, 0.25) is 0 Å². The second-order valence-corrected chi connectivity index (χ2v) is 5.00. The lowest BCUT2D eigenvalue weighted by molar-refractivity contribution is -0.134. The number of aliphatic hydroxyl groups is 2. The van der Waals surface area contributed by atoms with Crippen molar-refractivity contribution in [2.75, 3.05) is 19.6 Å². The number of hydrogen-bond acceptors (Lipinski definition) is 4. The molecule has 2 rings (SSSR count). The van der Waals surface area contributed by atoms with E-state index in [2.05, 4.69) is 0 Å². The van der Waals surface area contributed by atoms with Crippen LogP contribution in [0.4, 0.5) is 0 Å². The van der Waals surface area contributed by atoms with E-state index in [0.29, 0.717) is 6.42 Å². The van der Waals surface area contributed by atoms with E-state index in [4.69, 9.17) is 5.73 Å². The molecule has 5 heteroatoms. The van der Waals surface area contributed by atoms with Gasteiger partial charge in [-0.25, -0.2) is 0 Å². The summed E-state index contributed by atoms with van der Waals surface area (Å²) in [5, 5.41) is 19.0. The van der Waals surface area contributed by atoms with Gasteiger partial charge >= 0.3 is 0 Å². The quantitative estimate of drug-likeness (QED) is 0.675. The first kappa shape index (κ1) is 14.0. The summed E-state index contributed by atoms with van der Waals surface area (Å²) in [7, 11) is 0. The van der Waals surface area contributed by atoms with E-state index < -0.39 is 12.2 Å². The minimum Gasteiger partial charge on any atom is -0.388 e. The molecule has 3 atom stereocenters. The second kappa shape index (κ2) is 6.14. The summed E-state index contributed by atoms with van der Waals surface area (Å²) in [5.74, 6) is -0.401. The average molecular weight is 264 g/mol. The minimum atomic E-state index is -0.848. The van der Waals surface area contributed by atoms with Crippen molar-refractivity contribution in [1.29, 1.82) is 0 Å². The van der Waals surface area contributed by atoms with E-state index in [9.17, 15) is 15.0 Å². The normalized spacial score (nSPS) is 24.5. The topological polar surface area (TPSA) is 86.8 Å². The fourth-order valence-electron chi connectivity index (χ4n) is 2.38. The molecule has 1 amide bonds. The van der Waals surface area contributed by atoms with E-state index in [1.165, 1.54) is 4.90 Å². The number of rotatable bonds is 4. The van der Waals surface area contributed by atoms with Gasteiger partial charge in [-0.3, -0.25) is 4.79 Å². The Bertz CT molecular complexity index is 414. The standard InChI is InChI=1S/C14H20N2O3/c15-7-11(6-10-4-2-1-3-5-10)14(19)16-8-12(17)13(18)9-16/h1-5,11-13,17-18H,6-9,15H2. The van der Waals surface area contributed by atoms with E-state index >= 15 is 0 Å². The van der Waals surface area contributed by atoms with Crippen LogP contribution in [-0.2, 0) is 11.2 Å². The molecule has 1 fully saturated rings. The largest absolute Gasteiger partial charge is 0.388 e. The van der Waals surface area contributed by atoms with E-state index in [0.717, 1.165) is 5.56 Å². The van der Waals surface area contributed by atoms with Gasteiger partial charge in [0.15, 0.2) is 0 Å². The Morgan fingerprint density at radius 3 is 2.37 bits per heavy atom. The molecule has 4 N–H and O–H groups in total. The molecule has 104 valence electrons.